The molecular formula is C12H19F2N3O2S. The quantitative estimate of drug-likeness (QED) is 0.764. The second-order valence-corrected chi connectivity index (χ2v) is 6.60. The normalized spacial score (nSPS) is 16.0. The molecule has 1 aliphatic carbocycles. The molecule has 0 bridgehead atoms. The molecule has 1 saturated carbocycles. The van der Waals surface area contributed by atoms with Gasteiger partial charge in [0.2, 0.25) is 10.0 Å². The molecule has 0 amide bonds. The predicted molar refractivity (Wildman–Crippen MR) is 71.3 cm³/mol. The van der Waals surface area contributed by atoms with Crippen molar-refractivity contribution in [1.82, 2.24) is 14.6 Å². The molecule has 0 aromatic carbocycles. The van der Waals surface area contributed by atoms with Gasteiger partial charge >= 0.3 is 0 Å². The summed E-state index contributed by atoms with van der Waals surface area (Å²) in [7, 11) is -3.87. The Kier molecular flexibility index (Phi) is 4.77. The lowest BCUT2D eigenvalue weighted by Gasteiger charge is -2.07. The molecule has 0 atom stereocenters. The molecule has 1 fully saturated rings. The molecule has 1 aromatic rings. The summed E-state index contributed by atoms with van der Waals surface area (Å²) in [4.78, 5) is 0.0537. The Morgan fingerprint density at radius 1 is 1.45 bits per heavy atom. The maximum Gasteiger partial charge on any atom is 0.251 e. The van der Waals surface area contributed by atoms with Crippen molar-refractivity contribution in [2.75, 3.05) is 13.1 Å². The standard InChI is InChI=1S/C12H19F2N3O2S/c1-2-15-6-10-5-11(8-17(10)9-3-4-9)20(18,19)16-7-12(13)14/h5,8-9,12,15-16H,2-4,6-7H2,1H3. The van der Waals surface area contributed by atoms with Crippen molar-refractivity contribution in [3.05, 3.63) is 18.0 Å². The third-order valence-electron chi connectivity index (χ3n) is 3.14. The zero-order valence-corrected chi connectivity index (χ0v) is 12.1. The van der Waals surface area contributed by atoms with E-state index in [-0.39, 0.29) is 4.90 Å². The summed E-state index contributed by atoms with van der Waals surface area (Å²) in [5.41, 5.74) is 0.867. The number of nitrogens with one attached hydrogen (secondary N) is 2. The number of alkyl halides is 2. The van der Waals surface area contributed by atoms with Gasteiger partial charge in [0.05, 0.1) is 11.4 Å². The van der Waals surface area contributed by atoms with E-state index in [0.717, 1.165) is 25.1 Å². The van der Waals surface area contributed by atoms with Gasteiger partial charge in [0, 0.05) is 24.5 Å². The van der Waals surface area contributed by atoms with E-state index in [9.17, 15) is 17.2 Å². The highest BCUT2D eigenvalue weighted by Crippen LogP contribution is 2.37. The molecule has 0 unspecified atom stereocenters. The van der Waals surface area contributed by atoms with Crippen LogP contribution in [0.25, 0.3) is 0 Å². The Bertz CT molecular complexity index is 553. The number of nitrogens with zero attached hydrogens (tertiary/aromatic N) is 1. The highest BCUT2D eigenvalue weighted by Gasteiger charge is 2.28. The van der Waals surface area contributed by atoms with Crippen molar-refractivity contribution >= 4 is 10.0 Å². The first-order chi connectivity index (χ1) is 9.44. The monoisotopic (exact) mass is 307 g/mol. The van der Waals surface area contributed by atoms with Crippen LogP contribution in [0, 0.1) is 0 Å². The number of hydrogen-bond acceptors (Lipinski definition) is 3. The first-order valence-corrected chi connectivity index (χ1v) is 8.11. The van der Waals surface area contributed by atoms with Crippen molar-refractivity contribution in [1.29, 1.82) is 0 Å². The fraction of sp³-hybridized carbons (Fsp3) is 0.667. The lowest BCUT2D eigenvalue weighted by Crippen LogP contribution is -2.28. The first kappa shape index (κ1) is 15.4. The fourth-order valence-corrected chi connectivity index (χ4v) is 3.04. The average Bonchev–Trinajstić information content (AvgIpc) is 3.14. The van der Waals surface area contributed by atoms with E-state index in [1.165, 1.54) is 6.20 Å². The van der Waals surface area contributed by atoms with E-state index < -0.39 is 23.0 Å². The number of sulfonamides is 1. The minimum Gasteiger partial charge on any atom is -0.346 e. The van der Waals surface area contributed by atoms with Gasteiger partial charge in [0.15, 0.2) is 0 Å². The van der Waals surface area contributed by atoms with Gasteiger partial charge in [-0.2, -0.15) is 0 Å². The van der Waals surface area contributed by atoms with Crippen LogP contribution in [0.4, 0.5) is 8.78 Å². The summed E-state index contributed by atoms with van der Waals surface area (Å²) in [6.07, 6.45) is 0.893. The topological polar surface area (TPSA) is 63.1 Å². The van der Waals surface area contributed by atoms with Crippen LogP contribution in [0.5, 0.6) is 0 Å². The van der Waals surface area contributed by atoms with Crippen LogP contribution in [0.3, 0.4) is 0 Å². The summed E-state index contributed by atoms with van der Waals surface area (Å²) >= 11 is 0. The van der Waals surface area contributed by atoms with E-state index in [4.69, 9.17) is 0 Å². The van der Waals surface area contributed by atoms with Gasteiger partial charge in [-0.25, -0.2) is 21.9 Å². The number of rotatable bonds is 8. The van der Waals surface area contributed by atoms with Crippen molar-refractivity contribution in [2.45, 2.75) is 43.7 Å². The third-order valence-corrected chi connectivity index (χ3v) is 4.53. The minimum absolute atomic E-state index is 0.0537. The van der Waals surface area contributed by atoms with E-state index in [1.807, 2.05) is 16.2 Å². The van der Waals surface area contributed by atoms with Gasteiger partial charge in [-0.15, -0.1) is 0 Å². The number of halogens is 2. The molecule has 2 rings (SSSR count). The van der Waals surface area contributed by atoms with Crippen molar-refractivity contribution < 1.29 is 17.2 Å². The van der Waals surface area contributed by atoms with Gasteiger partial charge in [-0.1, -0.05) is 6.92 Å². The molecule has 20 heavy (non-hydrogen) atoms. The molecule has 0 aliphatic heterocycles. The largest absolute Gasteiger partial charge is 0.346 e. The Morgan fingerprint density at radius 3 is 2.70 bits per heavy atom. The van der Waals surface area contributed by atoms with Gasteiger partial charge in [-0.05, 0) is 25.5 Å². The molecule has 1 aliphatic rings. The highest BCUT2D eigenvalue weighted by molar-refractivity contribution is 7.89. The van der Waals surface area contributed by atoms with E-state index in [2.05, 4.69) is 5.32 Å². The summed E-state index contributed by atoms with van der Waals surface area (Å²) in [5.74, 6) is 0. The van der Waals surface area contributed by atoms with Crippen molar-refractivity contribution in [2.24, 2.45) is 0 Å². The zero-order chi connectivity index (χ0) is 14.8. The van der Waals surface area contributed by atoms with Crippen LogP contribution >= 0.6 is 0 Å². The minimum atomic E-state index is -3.87. The lowest BCUT2D eigenvalue weighted by atomic mass is 10.4. The molecule has 0 spiro atoms. The Labute approximate surface area is 117 Å². The fourth-order valence-electron chi connectivity index (χ4n) is 1.99. The summed E-state index contributed by atoms with van der Waals surface area (Å²) in [5, 5.41) is 3.15. The molecule has 8 heteroatoms. The van der Waals surface area contributed by atoms with Gasteiger partial charge in [-0.3, -0.25) is 0 Å². The summed E-state index contributed by atoms with van der Waals surface area (Å²) in [6.45, 7) is 2.45. The van der Waals surface area contributed by atoms with Crippen LogP contribution in [0.15, 0.2) is 17.2 Å². The molecule has 114 valence electrons. The summed E-state index contributed by atoms with van der Waals surface area (Å²) in [6, 6.07) is 1.89. The smallest absolute Gasteiger partial charge is 0.251 e. The zero-order valence-electron chi connectivity index (χ0n) is 11.3. The molecular weight excluding hydrogens is 288 g/mol. The van der Waals surface area contributed by atoms with Crippen LogP contribution in [-0.2, 0) is 16.6 Å². The van der Waals surface area contributed by atoms with Gasteiger partial charge in [0.25, 0.3) is 6.43 Å². The molecule has 1 heterocycles. The maximum absolute atomic E-state index is 12.1. The first-order valence-electron chi connectivity index (χ1n) is 6.63. The third kappa shape index (κ3) is 3.77. The highest BCUT2D eigenvalue weighted by atomic mass is 32.2. The van der Waals surface area contributed by atoms with Gasteiger partial charge in [0.1, 0.15) is 0 Å². The van der Waals surface area contributed by atoms with E-state index in [1.54, 1.807) is 6.07 Å². The molecule has 2 N–H and O–H groups in total. The Balaban J connectivity index is 2.18. The summed E-state index contributed by atoms with van der Waals surface area (Å²) < 4.78 is 52.0. The average molecular weight is 307 g/mol. The van der Waals surface area contributed by atoms with Crippen molar-refractivity contribution in [3.8, 4) is 0 Å². The molecule has 1 aromatic heterocycles. The second kappa shape index (κ2) is 6.19. The lowest BCUT2D eigenvalue weighted by molar-refractivity contribution is 0.153. The number of hydrogen-bond donors (Lipinski definition) is 2. The van der Waals surface area contributed by atoms with E-state index in [0.29, 0.717) is 12.6 Å². The second-order valence-electron chi connectivity index (χ2n) is 4.83. The molecule has 5 nitrogen and oxygen atoms in total. The van der Waals surface area contributed by atoms with Crippen LogP contribution in [-0.4, -0.2) is 32.5 Å². The van der Waals surface area contributed by atoms with Crippen molar-refractivity contribution in [3.63, 3.8) is 0 Å². The maximum atomic E-state index is 12.1. The van der Waals surface area contributed by atoms with Gasteiger partial charge < -0.3 is 9.88 Å². The molecule has 0 radical (unpaired) electrons. The SMILES string of the molecule is CCNCc1cc(S(=O)(=O)NCC(F)F)cn1C1CC1. The number of aromatic nitrogens is 1. The molecule has 0 saturated heterocycles. The van der Waals surface area contributed by atoms with E-state index >= 15 is 0 Å². The Hall–Kier alpha value is -0.990. The van der Waals surface area contributed by atoms with Crippen LogP contribution < -0.4 is 10.0 Å². The Morgan fingerprint density at radius 2 is 2.15 bits per heavy atom. The predicted octanol–water partition coefficient (Wildman–Crippen LogP) is 1.48. The van der Waals surface area contributed by atoms with Crippen LogP contribution in [0.2, 0.25) is 0 Å². The van der Waals surface area contributed by atoms with Crippen LogP contribution in [0.1, 0.15) is 31.5 Å².